The molecule has 26 heavy (non-hydrogen) atoms. The lowest BCUT2D eigenvalue weighted by Crippen LogP contribution is -2.41. The van der Waals surface area contributed by atoms with Crippen molar-refractivity contribution in [2.24, 2.45) is 0 Å². The van der Waals surface area contributed by atoms with Gasteiger partial charge in [-0.05, 0) is 36.2 Å². The fraction of sp³-hybridized carbons (Fsp3) is 0.235. The minimum Gasteiger partial charge on any atom is -0.354 e. The maximum Gasteiger partial charge on any atom is 0.240 e. The van der Waals surface area contributed by atoms with Crippen LogP contribution in [0.3, 0.4) is 0 Å². The first-order chi connectivity index (χ1) is 12.2. The number of nitrogens with one attached hydrogen (secondary N) is 1. The molecule has 2 aromatic rings. The monoisotopic (exact) mass is 434 g/mol. The quantitative estimate of drug-likeness (QED) is 0.720. The van der Waals surface area contributed by atoms with Crippen LogP contribution in [0.4, 0.5) is 5.69 Å². The summed E-state index contributed by atoms with van der Waals surface area (Å²) >= 11 is 17.9. The van der Waals surface area contributed by atoms with Crippen LogP contribution in [-0.2, 0) is 21.2 Å². The van der Waals surface area contributed by atoms with Crippen molar-refractivity contribution in [3.63, 3.8) is 0 Å². The van der Waals surface area contributed by atoms with E-state index in [9.17, 15) is 13.2 Å². The summed E-state index contributed by atoms with van der Waals surface area (Å²) in [5.41, 5.74) is 1.17. The van der Waals surface area contributed by atoms with Crippen molar-refractivity contribution in [3.8, 4) is 0 Å². The third-order valence-corrected chi connectivity index (χ3v) is 5.72. The number of carbonyl (C=O) groups excluding carboxylic acids is 1. The molecule has 0 unspecified atom stereocenters. The van der Waals surface area contributed by atoms with Crippen LogP contribution >= 0.6 is 34.8 Å². The average Bonchev–Trinajstić information content (AvgIpc) is 2.56. The Morgan fingerprint density at radius 2 is 1.73 bits per heavy atom. The first-order valence-electron chi connectivity index (χ1n) is 7.61. The fourth-order valence-corrected chi connectivity index (χ4v) is 3.68. The molecule has 0 saturated carbocycles. The molecule has 0 spiro atoms. The van der Waals surface area contributed by atoms with Crippen molar-refractivity contribution in [1.29, 1.82) is 0 Å². The molecule has 140 valence electrons. The van der Waals surface area contributed by atoms with E-state index < -0.39 is 15.9 Å². The molecule has 0 saturated heterocycles. The van der Waals surface area contributed by atoms with Gasteiger partial charge in [-0.3, -0.25) is 9.10 Å². The van der Waals surface area contributed by atoms with Crippen LogP contribution in [0.1, 0.15) is 5.56 Å². The number of hydrogen-bond donors (Lipinski definition) is 1. The number of sulfonamides is 1. The molecule has 5 nitrogen and oxygen atoms in total. The van der Waals surface area contributed by atoms with Gasteiger partial charge in [-0.15, -0.1) is 0 Å². The van der Waals surface area contributed by atoms with Crippen LogP contribution < -0.4 is 9.62 Å². The molecule has 1 N–H and O–H groups in total. The maximum absolute atomic E-state index is 12.2. The lowest BCUT2D eigenvalue weighted by molar-refractivity contribution is -0.119. The zero-order valence-corrected chi connectivity index (χ0v) is 17.0. The summed E-state index contributed by atoms with van der Waals surface area (Å²) in [6.07, 6.45) is 1.60. The lowest BCUT2D eigenvalue weighted by atomic mass is 10.1. The highest BCUT2D eigenvalue weighted by atomic mass is 35.5. The summed E-state index contributed by atoms with van der Waals surface area (Å²) in [7, 11) is -3.72. The topological polar surface area (TPSA) is 66.5 Å². The average molecular weight is 436 g/mol. The smallest absolute Gasteiger partial charge is 0.240 e. The molecule has 0 atom stereocenters. The van der Waals surface area contributed by atoms with Crippen LogP contribution in [0.5, 0.6) is 0 Å². The van der Waals surface area contributed by atoms with Crippen LogP contribution in [-0.4, -0.2) is 33.7 Å². The highest BCUT2D eigenvalue weighted by Gasteiger charge is 2.23. The Hall–Kier alpha value is -1.47. The van der Waals surface area contributed by atoms with Gasteiger partial charge in [0.2, 0.25) is 15.9 Å². The van der Waals surface area contributed by atoms with Crippen molar-refractivity contribution in [3.05, 3.63) is 63.1 Å². The largest absolute Gasteiger partial charge is 0.354 e. The molecular weight excluding hydrogens is 419 g/mol. The standard InChI is InChI=1S/C17H17Cl3N2O3S/c1-26(24,25)22(15-4-2-3-14(19)17(15)20)11-16(23)21-10-9-12-5-7-13(18)8-6-12/h2-8H,9-11H2,1H3,(H,21,23). The van der Waals surface area contributed by atoms with E-state index in [0.717, 1.165) is 16.1 Å². The van der Waals surface area contributed by atoms with Gasteiger partial charge >= 0.3 is 0 Å². The minimum atomic E-state index is -3.72. The zero-order chi connectivity index (χ0) is 19.3. The van der Waals surface area contributed by atoms with Gasteiger partial charge in [0, 0.05) is 11.6 Å². The van der Waals surface area contributed by atoms with Gasteiger partial charge in [0.05, 0.1) is 22.0 Å². The molecular formula is C17H17Cl3N2O3S. The Morgan fingerprint density at radius 1 is 1.08 bits per heavy atom. The van der Waals surface area contributed by atoms with E-state index >= 15 is 0 Å². The highest BCUT2D eigenvalue weighted by molar-refractivity contribution is 7.92. The number of hydrogen-bond acceptors (Lipinski definition) is 3. The molecule has 0 heterocycles. The SMILES string of the molecule is CS(=O)(=O)N(CC(=O)NCCc1ccc(Cl)cc1)c1cccc(Cl)c1Cl. The van der Waals surface area contributed by atoms with Crippen molar-refractivity contribution in [2.75, 3.05) is 23.7 Å². The molecule has 0 radical (unpaired) electrons. The van der Waals surface area contributed by atoms with Crippen molar-refractivity contribution in [1.82, 2.24) is 5.32 Å². The first-order valence-corrected chi connectivity index (χ1v) is 10.6. The molecule has 0 bridgehead atoms. The maximum atomic E-state index is 12.2. The Balaban J connectivity index is 2.03. The summed E-state index contributed by atoms with van der Waals surface area (Å²) in [6.45, 7) is -0.0269. The number of benzene rings is 2. The second-order valence-corrected chi connectivity index (χ2v) is 8.70. The Labute approximate surface area is 167 Å². The Morgan fingerprint density at radius 3 is 2.35 bits per heavy atom. The number of nitrogens with zero attached hydrogens (tertiary/aromatic N) is 1. The second-order valence-electron chi connectivity index (χ2n) is 5.57. The van der Waals surface area contributed by atoms with Gasteiger partial charge in [-0.25, -0.2) is 8.42 Å². The summed E-state index contributed by atoms with van der Waals surface area (Å²) in [5.74, 6) is -0.444. The predicted octanol–water partition coefficient (Wildman–Crippen LogP) is 3.77. The number of rotatable bonds is 7. The summed E-state index contributed by atoms with van der Waals surface area (Å²) in [6, 6.07) is 11.9. The molecule has 0 aliphatic heterocycles. The molecule has 1 amide bonds. The molecule has 0 aliphatic rings. The van der Waals surface area contributed by atoms with Crippen LogP contribution in [0.25, 0.3) is 0 Å². The summed E-state index contributed by atoms with van der Waals surface area (Å²) < 4.78 is 25.1. The second kappa shape index (κ2) is 8.95. The lowest BCUT2D eigenvalue weighted by Gasteiger charge is -2.23. The number of carbonyl (C=O) groups is 1. The van der Waals surface area contributed by atoms with E-state index in [2.05, 4.69) is 5.32 Å². The van der Waals surface area contributed by atoms with Gasteiger partial charge in [0.1, 0.15) is 6.54 Å². The third-order valence-electron chi connectivity index (χ3n) is 3.54. The normalized spacial score (nSPS) is 11.2. The molecule has 0 fully saturated rings. The fourth-order valence-electron chi connectivity index (χ4n) is 2.25. The van der Waals surface area contributed by atoms with Crippen molar-refractivity contribution in [2.45, 2.75) is 6.42 Å². The first kappa shape index (κ1) is 20.8. The molecule has 9 heteroatoms. The number of anilines is 1. The predicted molar refractivity (Wildman–Crippen MR) is 107 cm³/mol. The summed E-state index contributed by atoms with van der Waals surface area (Å²) in [5, 5.41) is 3.62. The highest BCUT2D eigenvalue weighted by Crippen LogP contribution is 2.33. The van der Waals surface area contributed by atoms with Crippen molar-refractivity contribution < 1.29 is 13.2 Å². The Bertz CT molecular complexity index is 887. The minimum absolute atomic E-state index is 0.0774. The van der Waals surface area contributed by atoms with Gasteiger partial charge < -0.3 is 5.32 Å². The van der Waals surface area contributed by atoms with E-state index in [1.807, 2.05) is 12.1 Å². The van der Waals surface area contributed by atoms with Gasteiger partial charge in [0.15, 0.2) is 0 Å². The van der Waals surface area contributed by atoms with E-state index in [4.69, 9.17) is 34.8 Å². The Kier molecular flexibility index (Phi) is 7.17. The van der Waals surface area contributed by atoms with Gasteiger partial charge in [-0.1, -0.05) is 53.0 Å². The van der Waals surface area contributed by atoms with E-state index in [1.54, 1.807) is 24.3 Å². The van der Waals surface area contributed by atoms with Crippen LogP contribution in [0.2, 0.25) is 15.1 Å². The van der Waals surface area contributed by atoms with Crippen LogP contribution in [0.15, 0.2) is 42.5 Å². The number of halogens is 3. The van der Waals surface area contributed by atoms with Gasteiger partial charge in [-0.2, -0.15) is 0 Å². The zero-order valence-electron chi connectivity index (χ0n) is 13.9. The number of amides is 1. The molecule has 0 aromatic heterocycles. The summed E-state index contributed by atoms with van der Waals surface area (Å²) in [4.78, 5) is 12.2. The van der Waals surface area contributed by atoms with E-state index in [0.29, 0.717) is 18.0 Å². The van der Waals surface area contributed by atoms with E-state index in [1.165, 1.54) is 6.07 Å². The van der Waals surface area contributed by atoms with E-state index in [-0.39, 0.29) is 22.3 Å². The van der Waals surface area contributed by atoms with Crippen LogP contribution in [0, 0.1) is 0 Å². The van der Waals surface area contributed by atoms with Gasteiger partial charge in [0.25, 0.3) is 0 Å². The third kappa shape index (κ3) is 5.77. The molecule has 2 aromatic carbocycles. The molecule has 2 rings (SSSR count). The van der Waals surface area contributed by atoms with Crippen molar-refractivity contribution >= 4 is 56.4 Å². The molecule has 0 aliphatic carbocycles.